The van der Waals surface area contributed by atoms with Gasteiger partial charge in [0.05, 0.1) is 25.8 Å². The largest absolute Gasteiger partial charge is 0.321 e. The molecule has 2 aromatic rings. The summed E-state index contributed by atoms with van der Waals surface area (Å²) in [6, 6.07) is 7.83. The van der Waals surface area contributed by atoms with Gasteiger partial charge in [-0.25, -0.2) is 0 Å². The van der Waals surface area contributed by atoms with Crippen molar-refractivity contribution < 1.29 is 4.79 Å². The number of anilines is 1. The lowest BCUT2D eigenvalue weighted by Crippen LogP contribution is -2.12. The SMILES string of the molecule is O=C(Nc1cc(Cl)c(Cl)cc1Cl)c1ccc(Br)c(Cl)c1. The van der Waals surface area contributed by atoms with E-state index in [2.05, 4.69) is 21.2 Å². The molecule has 1 amide bonds. The van der Waals surface area contributed by atoms with Crippen LogP contribution in [0.2, 0.25) is 20.1 Å². The van der Waals surface area contributed by atoms with Crippen LogP contribution in [0.4, 0.5) is 5.69 Å². The molecule has 0 spiro atoms. The topological polar surface area (TPSA) is 29.1 Å². The molecule has 7 heteroatoms. The van der Waals surface area contributed by atoms with Crippen molar-refractivity contribution in [3.8, 4) is 0 Å². The Kier molecular flexibility index (Phi) is 5.21. The zero-order chi connectivity index (χ0) is 14.9. The highest BCUT2D eigenvalue weighted by molar-refractivity contribution is 9.10. The molecule has 104 valence electrons. The lowest BCUT2D eigenvalue weighted by Gasteiger charge is -2.09. The van der Waals surface area contributed by atoms with Gasteiger partial charge >= 0.3 is 0 Å². The average molecular weight is 414 g/mol. The number of carbonyl (C=O) groups is 1. The van der Waals surface area contributed by atoms with Crippen molar-refractivity contribution in [3.63, 3.8) is 0 Å². The predicted molar refractivity (Wildman–Crippen MR) is 88.6 cm³/mol. The molecule has 0 aliphatic carbocycles. The Morgan fingerprint density at radius 2 is 1.55 bits per heavy atom. The fourth-order valence-corrected chi connectivity index (χ4v) is 2.47. The van der Waals surface area contributed by atoms with Crippen molar-refractivity contribution in [1.82, 2.24) is 0 Å². The maximum atomic E-state index is 12.1. The Labute approximate surface area is 144 Å². The number of nitrogens with one attached hydrogen (secondary N) is 1. The zero-order valence-electron chi connectivity index (χ0n) is 9.68. The summed E-state index contributed by atoms with van der Waals surface area (Å²) in [6.07, 6.45) is 0. The first kappa shape index (κ1) is 15.9. The second-order valence-corrected chi connectivity index (χ2v) is 6.31. The lowest BCUT2D eigenvalue weighted by atomic mass is 10.2. The molecule has 0 saturated heterocycles. The minimum absolute atomic E-state index is 0.302. The van der Waals surface area contributed by atoms with E-state index in [0.717, 1.165) is 0 Å². The molecule has 0 aromatic heterocycles. The van der Waals surface area contributed by atoms with E-state index in [1.54, 1.807) is 18.2 Å². The Balaban J connectivity index is 2.27. The average Bonchev–Trinajstić information content (AvgIpc) is 2.39. The standard InChI is InChI=1S/C13H6BrCl4NO/c14-7-2-1-6(3-8(7)15)13(20)19-12-5-10(17)9(16)4-11(12)18/h1-5H,(H,19,20). The molecular formula is C13H6BrCl4NO. The van der Waals surface area contributed by atoms with Crippen LogP contribution in [-0.4, -0.2) is 5.91 Å². The Hall–Kier alpha value is -0.450. The minimum atomic E-state index is -0.348. The lowest BCUT2D eigenvalue weighted by molar-refractivity contribution is 0.102. The molecule has 0 saturated carbocycles. The molecule has 20 heavy (non-hydrogen) atoms. The van der Waals surface area contributed by atoms with Crippen LogP contribution < -0.4 is 5.32 Å². The molecule has 0 bridgehead atoms. The summed E-state index contributed by atoms with van der Waals surface area (Å²) in [6.45, 7) is 0. The summed E-state index contributed by atoms with van der Waals surface area (Å²) in [7, 11) is 0. The van der Waals surface area contributed by atoms with Gasteiger partial charge in [0.1, 0.15) is 0 Å². The van der Waals surface area contributed by atoms with Crippen molar-refractivity contribution >= 4 is 73.9 Å². The van der Waals surface area contributed by atoms with Crippen LogP contribution in [-0.2, 0) is 0 Å². The van der Waals surface area contributed by atoms with Gasteiger partial charge in [0.2, 0.25) is 0 Å². The van der Waals surface area contributed by atoms with Crippen molar-refractivity contribution in [2.45, 2.75) is 0 Å². The summed E-state index contributed by atoms with van der Waals surface area (Å²) < 4.78 is 0.711. The van der Waals surface area contributed by atoms with Gasteiger partial charge in [-0.1, -0.05) is 46.4 Å². The van der Waals surface area contributed by atoms with Crippen LogP contribution in [0.25, 0.3) is 0 Å². The number of amides is 1. The van der Waals surface area contributed by atoms with Gasteiger partial charge in [0.25, 0.3) is 5.91 Å². The first-order valence-corrected chi connectivity index (χ1v) is 7.60. The predicted octanol–water partition coefficient (Wildman–Crippen LogP) is 6.32. The first-order valence-electron chi connectivity index (χ1n) is 5.29. The molecule has 0 radical (unpaired) electrons. The van der Waals surface area contributed by atoms with E-state index in [4.69, 9.17) is 46.4 Å². The fraction of sp³-hybridized carbons (Fsp3) is 0. The number of benzene rings is 2. The first-order chi connectivity index (χ1) is 9.38. The molecule has 2 aromatic carbocycles. The third-order valence-corrected chi connectivity index (χ3v) is 4.71. The fourth-order valence-electron chi connectivity index (χ4n) is 1.45. The molecule has 1 N–H and O–H groups in total. The number of hydrogen-bond acceptors (Lipinski definition) is 1. The summed E-state index contributed by atoms with van der Waals surface area (Å²) in [4.78, 5) is 12.1. The molecule has 2 rings (SSSR count). The summed E-state index contributed by atoms with van der Waals surface area (Å²) in [5.41, 5.74) is 0.783. The Morgan fingerprint density at radius 1 is 0.900 bits per heavy atom. The number of hydrogen-bond donors (Lipinski definition) is 1. The van der Waals surface area contributed by atoms with E-state index in [1.807, 2.05) is 0 Å². The summed E-state index contributed by atoms with van der Waals surface area (Å²) >= 11 is 26.9. The second-order valence-electron chi connectivity index (χ2n) is 3.83. The molecule has 0 atom stereocenters. The number of halogens is 5. The van der Waals surface area contributed by atoms with Gasteiger partial charge in [-0.05, 0) is 46.3 Å². The maximum Gasteiger partial charge on any atom is 0.255 e. The van der Waals surface area contributed by atoms with E-state index in [0.29, 0.717) is 35.8 Å². The van der Waals surface area contributed by atoms with Crippen molar-refractivity contribution in [2.75, 3.05) is 5.32 Å². The normalized spacial score (nSPS) is 10.4. The third-order valence-electron chi connectivity index (χ3n) is 2.44. The van der Waals surface area contributed by atoms with Gasteiger partial charge in [0, 0.05) is 10.0 Å². The Morgan fingerprint density at radius 3 is 2.20 bits per heavy atom. The van der Waals surface area contributed by atoms with E-state index in [1.165, 1.54) is 12.1 Å². The highest BCUT2D eigenvalue weighted by atomic mass is 79.9. The number of rotatable bonds is 2. The van der Waals surface area contributed by atoms with E-state index in [9.17, 15) is 4.79 Å². The van der Waals surface area contributed by atoms with Crippen molar-refractivity contribution in [3.05, 3.63) is 60.5 Å². The second kappa shape index (κ2) is 6.54. The van der Waals surface area contributed by atoms with E-state index >= 15 is 0 Å². The van der Waals surface area contributed by atoms with Crippen LogP contribution in [0.5, 0.6) is 0 Å². The van der Waals surface area contributed by atoms with E-state index in [-0.39, 0.29) is 5.91 Å². The summed E-state index contributed by atoms with van der Waals surface area (Å²) in [5.74, 6) is -0.348. The van der Waals surface area contributed by atoms with Gasteiger partial charge in [0.15, 0.2) is 0 Å². The monoisotopic (exact) mass is 411 g/mol. The molecule has 0 heterocycles. The zero-order valence-corrected chi connectivity index (χ0v) is 14.3. The molecular weight excluding hydrogens is 408 g/mol. The van der Waals surface area contributed by atoms with Crippen LogP contribution >= 0.6 is 62.3 Å². The van der Waals surface area contributed by atoms with Gasteiger partial charge < -0.3 is 5.32 Å². The molecule has 0 unspecified atom stereocenters. The van der Waals surface area contributed by atoms with Crippen LogP contribution in [0.1, 0.15) is 10.4 Å². The molecule has 2 nitrogen and oxygen atoms in total. The van der Waals surface area contributed by atoms with Crippen LogP contribution in [0.3, 0.4) is 0 Å². The number of carbonyl (C=O) groups excluding carboxylic acids is 1. The van der Waals surface area contributed by atoms with Gasteiger partial charge in [-0.3, -0.25) is 4.79 Å². The molecule has 0 aliphatic heterocycles. The van der Waals surface area contributed by atoms with Crippen molar-refractivity contribution in [2.24, 2.45) is 0 Å². The summed E-state index contributed by atoms with van der Waals surface area (Å²) in [5, 5.41) is 4.02. The highest BCUT2D eigenvalue weighted by Gasteiger charge is 2.12. The molecule has 0 aliphatic rings. The smallest absolute Gasteiger partial charge is 0.255 e. The third kappa shape index (κ3) is 3.60. The van der Waals surface area contributed by atoms with Gasteiger partial charge in [-0.15, -0.1) is 0 Å². The molecule has 0 fully saturated rings. The van der Waals surface area contributed by atoms with Crippen molar-refractivity contribution in [1.29, 1.82) is 0 Å². The van der Waals surface area contributed by atoms with E-state index < -0.39 is 0 Å². The van der Waals surface area contributed by atoms with Gasteiger partial charge in [-0.2, -0.15) is 0 Å². The maximum absolute atomic E-state index is 12.1. The minimum Gasteiger partial charge on any atom is -0.321 e. The highest BCUT2D eigenvalue weighted by Crippen LogP contribution is 2.32. The Bertz CT molecular complexity index is 690. The quantitative estimate of drug-likeness (QED) is 0.574. The van der Waals surface area contributed by atoms with Crippen LogP contribution in [0, 0.1) is 0 Å². The van der Waals surface area contributed by atoms with Crippen LogP contribution in [0.15, 0.2) is 34.8 Å².